The second-order valence-electron chi connectivity index (χ2n) is 6.18. The molecule has 0 saturated carbocycles. The quantitative estimate of drug-likeness (QED) is 0.712. The molecule has 0 heterocycles. The molecule has 2 nitrogen and oxygen atoms in total. The van der Waals surface area contributed by atoms with Crippen LogP contribution >= 0.6 is 0 Å². The van der Waals surface area contributed by atoms with E-state index in [0.29, 0.717) is 0 Å². The molecular formula is C22H20O2. The summed E-state index contributed by atoms with van der Waals surface area (Å²) in [6.45, 7) is 4.06. The van der Waals surface area contributed by atoms with Crippen molar-refractivity contribution in [3.63, 3.8) is 0 Å². The summed E-state index contributed by atoms with van der Waals surface area (Å²) in [5.41, 5.74) is 7.48. The van der Waals surface area contributed by atoms with Crippen LogP contribution in [0.15, 0.2) is 66.7 Å². The van der Waals surface area contributed by atoms with Crippen molar-refractivity contribution >= 4 is 5.97 Å². The Morgan fingerprint density at radius 3 is 2.17 bits per heavy atom. The third-order valence-electron chi connectivity index (χ3n) is 4.16. The van der Waals surface area contributed by atoms with E-state index in [1.165, 1.54) is 5.56 Å². The van der Waals surface area contributed by atoms with Crippen LogP contribution in [0.1, 0.15) is 16.7 Å². The number of hydrogen-bond acceptors (Lipinski definition) is 1. The molecule has 0 aliphatic heterocycles. The maximum absolute atomic E-state index is 11.2. The molecule has 0 atom stereocenters. The fourth-order valence-electron chi connectivity index (χ4n) is 2.93. The predicted octanol–water partition coefficient (Wildman–Crippen LogP) is 5.26. The molecule has 0 aliphatic rings. The fourth-order valence-corrected chi connectivity index (χ4v) is 2.93. The monoisotopic (exact) mass is 316 g/mol. The zero-order valence-electron chi connectivity index (χ0n) is 13.9. The highest BCUT2D eigenvalue weighted by molar-refractivity contribution is 5.79. The average molecular weight is 316 g/mol. The van der Waals surface area contributed by atoms with Crippen molar-refractivity contribution < 1.29 is 9.90 Å². The minimum absolute atomic E-state index is 0.0335. The van der Waals surface area contributed by atoms with E-state index in [-0.39, 0.29) is 6.42 Å². The summed E-state index contributed by atoms with van der Waals surface area (Å²) in [6, 6.07) is 22.7. The van der Waals surface area contributed by atoms with Gasteiger partial charge in [-0.2, -0.15) is 0 Å². The third kappa shape index (κ3) is 3.54. The minimum atomic E-state index is -0.809. The van der Waals surface area contributed by atoms with E-state index in [1.54, 1.807) is 0 Å². The van der Waals surface area contributed by atoms with E-state index >= 15 is 0 Å². The van der Waals surface area contributed by atoms with Gasteiger partial charge in [0.15, 0.2) is 0 Å². The number of benzene rings is 3. The summed E-state index contributed by atoms with van der Waals surface area (Å²) in [5.74, 6) is -0.809. The van der Waals surface area contributed by atoms with Gasteiger partial charge in [-0.05, 0) is 47.7 Å². The molecule has 3 aromatic rings. The molecule has 0 unspecified atom stereocenters. The molecule has 0 spiro atoms. The number of carbonyl (C=O) groups is 1. The molecule has 2 heteroatoms. The van der Waals surface area contributed by atoms with Crippen LogP contribution in [-0.2, 0) is 11.2 Å². The third-order valence-corrected chi connectivity index (χ3v) is 4.16. The van der Waals surface area contributed by atoms with E-state index in [1.807, 2.05) is 37.3 Å². The van der Waals surface area contributed by atoms with Crippen molar-refractivity contribution in [3.8, 4) is 22.3 Å². The lowest BCUT2D eigenvalue weighted by Crippen LogP contribution is -2.02. The smallest absolute Gasteiger partial charge is 0.307 e. The van der Waals surface area contributed by atoms with Crippen LogP contribution in [0, 0.1) is 13.8 Å². The first-order chi connectivity index (χ1) is 11.5. The van der Waals surface area contributed by atoms with Gasteiger partial charge in [-0.15, -0.1) is 0 Å². The van der Waals surface area contributed by atoms with Crippen molar-refractivity contribution in [1.82, 2.24) is 0 Å². The van der Waals surface area contributed by atoms with Crippen molar-refractivity contribution in [1.29, 1.82) is 0 Å². The van der Waals surface area contributed by atoms with Gasteiger partial charge in [-0.25, -0.2) is 0 Å². The number of hydrogen-bond donors (Lipinski definition) is 1. The maximum atomic E-state index is 11.2. The van der Waals surface area contributed by atoms with Gasteiger partial charge >= 0.3 is 5.97 Å². The van der Waals surface area contributed by atoms with Gasteiger partial charge in [-0.1, -0.05) is 71.8 Å². The summed E-state index contributed by atoms with van der Waals surface area (Å²) in [6.07, 6.45) is 0.0335. The van der Waals surface area contributed by atoms with Gasteiger partial charge in [0.25, 0.3) is 0 Å². The molecule has 3 aromatic carbocycles. The Bertz CT molecular complexity index is 877. The second-order valence-corrected chi connectivity index (χ2v) is 6.18. The lowest BCUT2D eigenvalue weighted by molar-refractivity contribution is -0.136. The predicted molar refractivity (Wildman–Crippen MR) is 98.1 cm³/mol. The van der Waals surface area contributed by atoms with E-state index in [0.717, 1.165) is 33.4 Å². The zero-order chi connectivity index (χ0) is 17.1. The van der Waals surface area contributed by atoms with Gasteiger partial charge < -0.3 is 5.11 Å². The Morgan fingerprint density at radius 1 is 0.792 bits per heavy atom. The molecule has 1 N–H and O–H groups in total. The lowest BCUT2D eigenvalue weighted by atomic mass is 9.93. The van der Waals surface area contributed by atoms with Crippen LogP contribution in [-0.4, -0.2) is 11.1 Å². The van der Waals surface area contributed by atoms with Gasteiger partial charge in [0.05, 0.1) is 6.42 Å². The molecule has 0 bridgehead atoms. The Hall–Kier alpha value is -2.87. The normalized spacial score (nSPS) is 10.6. The van der Waals surface area contributed by atoms with E-state index < -0.39 is 5.97 Å². The summed E-state index contributed by atoms with van der Waals surface area (Å²) in [4.78, 5) is 11.2. The zero-order valence-corrected chi connectivity index (χ0v) is 13.9. The minimum Gasteiger partial charge on any atom is -0.481 e. The standard InChI is InChI=1S/C22H20O2/c1-15-6-9-17(10-7-15)18-4-3-5-19(13-18)21-11-8-16(2)12-20(21)14-22(23)24/h3-13H,14H2,1-2H3,(H,23,24). The number of carboxylic acid groups (broad SMARTS) is 1. The van der Waals surface area contributed by atoms with E-state index in [9.17, 15) is 9.90 Å². The summed E-state index contributed by atoms with van der Waals surface area (Å²) in [7, 11) is 0. The first kappa shape index (κ1) is 16.0. The molecule has 0 aromatic heterocycles. The second kappa shape index (κ2) is 6.71. The van der Waals surface area contributed by atoms with E-state index in [4.69, 9.17) is 0 Å². The molecular weight excluding hydrogens is 296 g/mol. The number of rotatable bonds is 4. The highest BCUT2D eigenvalue weighted by Gasteiger charge is 2.10. The van der Waals surface area contributed by atoms with Crippen LogP contribution < -0.4 is 0 Å². The topological polar surface area (TPSA) is 37.3 Å². The summed E-state index contributed by atoms with van der Waals surface area (Å²) in [5, 5.41) is 9.19. The maximum Gasteiger partial charge on any atom is 0.307 e. The number of carboxylic acids is 1. The number of aryl methyl sites for hydroxylation is 2. The Labute approximate surface area is 142 Å². The highest BCUT2D eigenvalue weighted by atomic mass is 16.4. The molecule has 0 amide bonds. The van der Waals surface area contributed by atoms with Gasteiger partial charge in [0.2, 0.25) is 0 Å². The van der Waals surface area contributed by atoms with Crippen LogP contribution in [0.2, 0.25) is 0 Å². The van der Waals surface area contributed by atoms with Gasteiger partial charge in [-0.3, -0.25) is 4.79 Å². The molecule has 0 aliphatic carbocycles. The molecule has 0 fully saturated rings. The SMILES string of the molecule is Cc1ccc(-c2cccc(-c3ccc(C)cc3CC(=O)O)c2)cc1. The van der Waals surface area contributed by atoms with Gasteiger partial charge in [0, 0.05) is 0 Å². The molecule has 24 heavy (non-hydrogen) atoms. The van der Waals surface area contributed by atoms with Crippen molar-refractivity contribution in [2.75, 3.05) is 0 Å². The molecule has 0 radical (unpaired) electrons. The average Bonchev–Trinajstić information content (AvgIpc) is 2.55. The fraction of sp³-hybridized carbons (Fsp3) is 0.136. The van der Waals surface area contributed by atoms with Crippen molar-refractivity contribution in [2.45, 2.75) is 20.3 Å². The summed E-state index contributed by atoms with van der Waals surface area (Å²) >= 11 is 0. The number of aliphatic carboxylic acids is 1. The van der Waals surface area contributed by atoms with Crippen LogP contribution in [0.25, 0.3) is 22.3 Å². The molecule has 120 valence electrons. The lowest BCUT2D eigenvalue weighted by Gasteiger charge is -2.11. The van der Waals surface area contributed by atoms with Crippen molar-refractivity contribution in [3.05, 3.63) is 83.4 Å². The first-order valence-electron chi connectivity index (χ1n) is 8.02. The van der Waals surface area contributed by atoms with Crippen LogP contribution in [0.4, 0.5) is 0 Å². The van der Waals surface area contributed by atoms with Crippen LogP contribution in [0.3, 0.4) is 0 Å². The Balaban J connectivity index is 2.06. The van der Waals surface area contributed by atoms with Crippen molar-refractivity contribution in [2.24, 2.45) is 0 Å². The van der Waals surface area contributed by atoms with Crippen LogP contribution in [0.5, 0.6) is 0 Å². The highest BCUT2D eigenvalue weighted by Crippen LogP contribution is 2.29. The summed E-state index contributed by atoms with van der Waals surface area (Å²) < 4.78 is 0. The largest absolute Gasteiger partial charge is 0.481 e. The van der Waals surface area contributed by atoms with Gasteiger partial charge in [0.1, 0.15) is 0 Å². The molecule has 0 saturated heterocycles. The Morgan fingerprint density at radius 2 is 1.46 bits per heavy atom. The van der Waals surface area contributed by atoms with E-state index in [2.05, 4.69) is 43.3 Å². The molecule has 3 rings (SSSR count). The Kier molecular flexibility index (Phi) is 4.48. The first-order valence-corrected chi connectivity index (χ1v) is 8.02.